The topological polar surface area (TPSA) is 61.5 Å². The van der Waals surface area contributed by atoms with Gasteiger partial charge in [-0.15, -0.1) is 0 Å². The van der Waals surface area contributed by atoms with E-state index in [1.807, 2.05) is 47.5 Å². The van der Waals surface area contributed by atoms with Crippen molar-refractivity contribution in [1.82, 2.24) is 20.0 Å². The minimum absolute atomic E-state index is 0.101. The summed E-state index contributed by atoms with van der Waals surface area (Å²) < 4.78 is 6.24. The van der Waals surface area contributed by atoms with E-state index < -0.39 is 5.60 Å². The molecule has 33 heavy (non-hydrogen) atoms. The number of H-pyrrole nitrogens is 1. The van der Waals surface area contributed by atoms with Gasteiger partial charge in [-0.2, -0.15) is 5.10 Å². The summed E-state index contributed by atoms with van der Waals surface area (Å²) in [5, 5.41) is 7.44. The van der Waals surface area contributed by atoms with Crippen molar-refractivity contribution in [2.75, 3.05) is 32.8 Å². The van der Waals surface area contributed by atoms with E-state index in [9.17, 15) is 4.79 Å². The number of aromatic nitrogens is 2. The molecule has 2 aliphatic heterocycles. The zero-order valence-corrected chi connectivity index (χ0v) is 18.8. The van der Waals surface area contributed by atoms with Crippen LogP contribution in [0.2, 0.25) is 0 Å². The second-order valence-corrected chi connectivity index (χ2v) is 8.85. The van der Waals surface area contributed by atoms with E-state index >= 15 is 0 Å². The van der Waals surface area contributed by atoms with Gasteiger partial charge in [0.2, 0.25) is 0 Å². The predicted molar refractivity (Wildman–Crippen MR) is 128 cm³/mol. The minimum atomic E-state index is -0.821. The number of nitrogens with one attached hydrogen (secondary N) is 1. The van der Waals surface area contributed by atoms with Crippen molar-refractivity contribution < 1.29 is 9.53 Å². The molecular formula is C27H30N4O2. The molecule has 1 fully saturated rings. The first-order valence-electron chi connectivity index (χ1n) is 11.7. The van der Waals surface area contributed by atoms with Crippen LogP contribution >= 0.6 is 0 Å². The Balaban J connectivity index is 1.30. The molecule has 1 amide bonds. The van der Waals surface area contributed by atoms with Crippen LogP contribution < -0.4 is 0 Å². The summed E-state index contributed by atoms with van der Waals surface area (Å²) in [6, 6.07) is 20.6. The Hall–Kier alpha value is -3.22. The number of carbonyl (C=O) groups excluding carboxylic acids is 1. The maximum absolute atomic E-state index is 13.7. The normalized spacial score (nSPS) is 21.5. The van der Waals surface area contributed by atoms with Gasteiger partial charge in [0.05, 0.1) is 18.5 Å². The molecule has 1 aromatic heterocycles. The van der Waals surface area contributed by atoms with Gasteiger partial charge in [0.15, 0.2) is 5.60 Å². The van der Waals surface area contributed by atoms with Gasteiger partial charge in [0, 0.05) is 44.7 Å². The van der Waals surface area contributed by atoms with Crippen LogP contribution in [0.25, 0.3) is 11.3 Å². The van der Waals surface area contributed by atoms with Gasteiger partial charge in [-0.25, -0.2) is 0 Å². The zero-order valence-electron chi connectivity index (χ0n) is 18.8. The van der Waals surface area contributed by atoms with Crippen molar-refractivity contribution >= 4 is 5.91 Å². The van der Waals surface area contributed by atoms with Crippen molar-refractivity contribution in [3.05, 3.63) is 90.1 Å². The second-order valence-electron chi connectivity index (χ2n) is 8.85. The van der Waals surface area contributed by atoms with E-state index in [1.165, 1.54) is 5.56 Å². The first-order chi connectivity index (χ1) is 16.2. The Morgan fingerprint density at radius 1 is 1.03 bits per heavy atom. The molecule has 0 aliphatic carbocycles. The molecular weight excluding hydrogens is 412 g/mol. The third-order valence-corrected chi connectivity index (χ3v) is 6.57. The maximum atomic E-state index is 13.7. The molecule has 6 nitrogen and oxygen atoms in total. The predicted octanol–water partition coefficient (Wildman–Crippen LogP) is 3.68. The van der Waals surface area contributed by atoms with Crippen molar-refractivity contribution in [2.45, 2.75) is 25.0 Å². The number of ether oxygens (including phenoxy) is 1. The van der Waals surface area contributed by atoms with Crippen LogP contribution in [0, 0.1) is 0 Å². The molecule has 1 saturated heterocycles. The lowest BCUT2D eigenvalue weighted by Gasteiger charge is -2.42. The summed E-state index contributed by atoms with van der Waals surface area (Å²) in [6.07, 6.45) is 7.56. The monoisotopic (exact) mass is 442 g/mol. The Bertz CT molecular complexity index is 1100. The van der Waals surface area contributed by atoms with Gasteiger partial charge in [0.1, 0.15) is 0 Å². The highest BCUT2D eigenvalue weighted by atomic mass is 16.5. The highest BCUT2D eigenvalue weighted by Crippen LogP contribution is 2.30. The summed E-state index contributed by atoms with van der Waals surface area (Å²) in [5.74, 6) is 0.101. The zero-order chi connectivity index (χ0) is 22.5. The van der Waals surface area contributed by atoms with E-state index in [1.54, 1.807) is 0 Å². The molecule has 170 valence electrons. The summed E-state index contributed by atoms with van der Waals surface area (Å²) in [7, 11) is 0. The second kappa shape index (κ2) is 9.73. The standard InChI is InChI=1S/C27H30N4O2/c32-26-27(14-7-8-15-31(26)16-13-22-9-3-1-4-10-22)21-30(17-18-33-27)20-24-19-28-29-25(24)23-11-5-2-6-12-23/h1-12,19H,13-18,20-21H2,(H,28,29)/t27-/m1/s1. The molecule has 0 saturated carbocycles. The van der Waals surface area contributed by atoms with Gasteiger partial charge in [-0.1, -0.05) is 72.8 Å². The van der Waals surface area contributed by atoms with Gasteiger partial charge in [0.25, 0.3) is 5.91 Å². The van der Waals surface area contributed by atoms with Crippen LogP contribution in [0.1, 0.15) is 17.5 Å². The Morgan fingerprint density at radius 2 is 1.82 bits per heavy atom. The summed E-state index contributed by atoms with van der Waals surface area (Å²) in [5.41, 5.74) is 3.71. The van der Waals surface area contributed by atoms with Crippen LogP contribution in [0.15, 0.2) is 79.0 Å². The summed E-state index contributed by atoms with van der Waals surface area (Å²) in [4.78, 5) is 18.0. The molecule has 1 spiro atoms. The van der Waals surface area contributed by atoms with Crippen molar-refractivity contribution in [3.8, 4) is 11.3 Å². The molecule has 1 N–H and O–H groups in total. The first kappa shape index (κ1) is 21.6. The van der Waals surface area contributed by atoms with Gasteiger partial charge in [-0.05, 0) is 17.5 Å². The molecule has 1 atom stereocenters. The molecule has 0 radical (unpaired) electrons. The number of benzene rings is 2. The van der Waals surface area contributed by atoms with Crippen molar-refractivity contribution in [3.63, 3.8) is 0 Å². The average molecular weight is 443 g/mol. The van der Waals surface area contributed by atoms with Crippen molar-refractivity contribution in [2.24, 2.45) is 0 Å². The molecule has 0 unspecified atom stereocenters. The fraction of sp³-hybridized carbons (Fsp3) is 0.333. The third-order valence-electron chi connectivity index (χ3n) is 6.57. The molecule has 0 bridgehead atoms. The minimum Gasteiger partial charge on any atom is -0.362 e. The molecule has 3 aromatic rings. The average Bonchev–Trinajstić information content (AvgIpc) is 3.27. The highest BCUT2D eigenvalue weighted by molar-refractivity contribution is 5.86. The van der Waals surface area contributed by atoms with Crippen LogP contribution in [0.3, 0.4) is 0 Å². The molecule has 5 rings (SSSR count). The van der Waals surface area contributed by atoms with E-state index in [-0.39, 0.29) is 5.91 Å². The molecule has 3 heterocycles. The van der Waals surface area contributed by atoms with Crippen LogP contribution in [-0.4, -0.2) is 64.3 Å². The Morgan fingerprint density at radius 3 is 2.64 bits per heavy atom. The molecule has 6 heteroatoms. The number of amides is 1. The summed E-state index contributed by atoms with van der Waals surface area (Å²) in [6.45, 7) is 3.98. The first-order valence-corrected chi connectivity index (χ1v) is 11.7. The van der Waals surface area contributed by atoms with Crippen LogP contribution in [0.5, 0.6) is 0 Å². The largest absolute Gasteiger partial charge is 0.362 e. The fourth-order valence-corrected chi connectivity index (χ4v) is 4.81. The number of rotatable bonds is 6. The quantitative estimate of drug-likeness (QED) is 0.592. The van der Waals surface area contributed by atoms with E-state index in [0.29, 0.717) is 32.7 Å². The van der Waals surface area contributed by atoms with E-state index in [2.05, 4.69) is 51.5 Å². The summed E-state index contributed by atoms with van der Waals surface area (Å²) >= 11 is 0. The van der Waals surface area contributed by atoms with Gasteiger partial charge < -0.3 is 9.64 Å². The van der Waals surface area contributed by atoms with Gasteiger partial charge >= 0.3 is 0 Å². The van der Waals surface area contributed by atoms with Crippen molar-refractivity contribution in [1.29, 1.82) is 0 Å². The Kier molecular flexibility index (Phi) is 6.37. The lowest BCUT2D eigenvalue weighted by atomic mass is 9.95. The lowest BCUT2D eigenvalue weighted by Crippen LogP contribution is -2.60. The van der Waals surface area contributed by atoms with Crippen LogP contribution in [-0.2, 0) is 22.5 Å². The smallest absolute Gasteiger partial charge is 0.256 e. The number of hydrogen-bond acceptors (Lipinski definition) is 4. The maximum Gasteiger partial charge on any atom is 0.256 e. The number of aromatic amines is 1. The van der Waals surface area contributed by atoms with E-state index in [4.69, 9.17) is 4.74 Å². The highest BCUT2D eigenvalue weighted by Gasteiger charge is 2.45. The van der Waals surface area contributed by atoms with Crippen LogP contribution in [0.4, 0.5) is 0 Å². The third kappa shape index (κ3) is 4.77. The van der Waals surface area contributed by atoms with Gasteiger partial charge in [-0.3, -0.25) is 14.8 Å². The number of hydrogen-bond donors (Lipinski definition) is 1. The lowest BCUT2D eigenvalue weighted by molar-refractivity contribution is -0.170. The SMILES string of the molecule is O=C1N(CCc2ccccc2)CC=CC[C@@]12CN(Cc1cn[nH]c1-c1ccccc1)CCO2. The molecule has 2 aromatic carbocycles. The number of nitrogens with zero attached hydrogens (tertiary/aromatic N) is 3. The Labute approximate surface area is 194 Å². The number of morpholine rings is 1. The molecule has 2 aliphatic rings. The van der Waals surface area contributed by atoms with E-state index in [0.717, 1.165) is 36.3 Å². The fourth-order valence-electron chi connectivity index (χ4n) is 4.81. The number of carbonyl (C=O) groups is 1.